The SMILES string of the molecule is O=C(CCn1ccccc1=O)Nc1cccc(NC(=O)c2cccs2)c1. The van der Waals surface area contributed by atoms with Crippen LogP contribution < -0.4 is 16.2 Å². The maximum Gasteiger partial charge on any atom is 0.265 e. The van der Waals surface area contributed by atoms with Crippen molar-refractivity contribution in [2.45, 2.75) is 13.0 Å². The van der Waals surface area contributed by atoms with Gasteiger partial charge in [-0.1, -0.05) is 18.2 Å². The summed E-state index contributed by atoms with van der Waals surface area (Å²) in [5.41, 5.74) is 1.04. The number of benzene rings is 1. The van der Waals surface area contributed by atoms with Gasteiger partial charge in [0.1, 0.15) is 0 Å². The second-order valence-corrected chi connectivity index (χ2v) is 6.49. The van der Waals surface area contributed by atoms with E-state index in [0.29, 0.717) is 22.8 Å². The highest BCUT2D eigenvalue weighted by molar-refractivity contribution is 7.12. The minimum atomic E-state index is -0.206. The molecule has 0 aliphatic carbocycles. The molecule has 0 aliphatic heterocycles. The van der Waals surface area contributed by atoms with Crippen molar-refractivity contribution in [3.8, 4) is 0 Å². The number of nitrogens with zero attached hydrogens (tertiary/aromatic N) is 1. The van der Waals surface area contributed by atoms with Crippen molar-refractivity contribution in [1.29, 1.82) is 0 Å². The smallest absolute Gasteiger partial charge is 0.265 e. The number of pyridine rings is 1. The zero-order chi connectivity index (χ0) is 18.4. The molecule has 26 heavy (non-hydrogen) atoms. The van der Waals surface area contributed by atoms with Crippen LogP contribution in [0.3, 0.4) is 0 Å². The summed E-state index contributed by atoms with van der Waals surface area (Å²) in [5.74, 6) is -0.394. The van der Waals surface area contributed by atoms with Gasteiger partial charge in [-0.05, 0) is 35.7 Å². The fourth-order valence-corrected chi connectivity index (χ4v) is 2.98. The lowest BCUT2D eigenvalue weighted by atomic mass is 10.2. The number of carbonyl (C=O) groups excluding carboxylic acids is 2. The molecule has 0 atom stereocenters. The van der Waals surface area contributed by atoms with Gasteiger partial charge in [0.05, 0.1) is 4.88 Å². The summed E-state index contributed by atoms with van der Waals surface area (Å²) in [6.07, 6.45) is 1.83. The Labute approximate surface area is 154 Å². The highest BCUT2D eigenvalue weighted by Gasteiger charge is 2.08. The quantitative estimate of drug-likeness (QED) is 0.702. The summed E-state index contributed by atoms with van der Waals surface area (Å²) in [7, 11) is 0. The third-order valence-electron chi connectivity index (χ3n) is 3.63. The number of carbonyl (C=O) groups is 2. The number of hydrogen-bond acceptors (Lipinski definition) is 4. The van der Waals surface area contributed by atoms with Crippen molar-refractivity contribution in [2.24, 2.45) is 0 Å². The maximum absolute atomic E-state index is 12.1. The summed E-state index contributed by atoms with van der Waals surface area (Å²) >= 11 is 1.36. The first kappa shape index (κ1) is 17.6. The third kappa shape index (κ3) is 4.67. The summed E-state index contributed by atoms with van der Waals surface area (Å²) in [6.45, 7) is 0.306. The van der Waals surface area contributed by atoms with Crippen LogP contribution in [-0.2, 0) is 11.3 Å². The molecule has 0 aliphatic rings. The molecule has 2 N–H and O–H groups in total. The van der Waals surface area contributed by atoms with E-state index in [1.54, 1.807) is 48.7 Å². The monoisotopic (exact) mass is 367 g/mol. The topological polar surface area (TPSA) is 80.2 Å². The molecule has 0 bridgehead atoms. The second kappa shape index (κ2) is 8.26. The molecule has 3 aromatic rings. The van der Waals surface area contributed by atoms with Crippen LogP contribution in [0.5, 0.6) is 0 Å². The van der Waals surface area contributed by atoms with E-state index in [1.165, 1.54) is 22.0 Å². The van der Waals surface area contributed by atoms with E-state index in [0.717, 1.165) is 0 Å². The van der Waals surface area contributed by atoms with Crippen LogP contribution in [0, 0.1) is 0 Å². The first-order chi connectivity index (χ1) is 12.6. The fraction of sp³-hybridized carbons (Fsp3) is 0.105. The molecule has 6 nitrogen and oxygen atoms in total. The highest BCUT2D eigenvalue weighted by atomic mass is 32.1. The molecule has 0 fully saturated rings. The molecule has 0 radical (unpaired) electrons. The molecule has 0 spiro atoms. The van der Waals surface area contributed by atoms with Crippen molar-refractivity contribution < 1.29 is 9.59 Å². The first-order valence-corrected chi connectivity index (χ1v) is 8.90. The largest absolute Gasteiger partial charge is 0.326 e. The lowest BCUT2D eigenvalue weighted by Crippen LogP contribution is -2.21. The molecular weight excluding hydrogens is 350 g/mol. The van der Waals surface area contributed by atoms with Gasteiger partial charge in [0.2, 0.25) is 5.91 Å². The predicted octanol–water partition coefficient (Wildman–Crippen LogP) is 3.19. The minimum absolute atomic E-state index is 0.140. The number of amides is 2. The molecule has 3 rings (SSSR count). The van der Waals surface area contributed by atoms with Gasteiger partial charge in [-0.25, -0.2) is 0 Å². The van der Waals surface area contributed by atoms with Crippen molar-refractivity contribution in [2.75, 3.05) is 10.6 Å². The number of nitrogens with one attached hydrogen (secondary N) is 2. The standard InChI is InChI=1S/C19H17N3O3S/c23-17(9-11-22-10-2-1-8-18(22)24)20-14-5-3-6-15(13-14)21-19(25)16-7-4-12-26-16/h1-8,10,12-13H,9,11H2,(H,20,23)(H,21,25). The average molecular weight is 367 g/mol. The molecule has 132 valence electrons. The van der Waals surface area contributed by atoms with Crippen LogP contribution in [0.4, 0.5) is 11.4 Å². The number of rotatable bonds is 6. The highest BCUT2D eigenvalue weighted by Crippen LogP contribution is 2.17. The van der Waals surface area contributed by atoms with Gasteiger partial charge in [-0.3, -0.25) is 14.4 Å². The van der Waals surface area contributed by atoms with Crippen molar-refractivity contribution in [3.05, 3.63) is 81.4 Å². The summed E-state index contributed by atoms with van der Waals surface area (Å²) < 4.78 is 1.48. The lowest BCUT2D eigenvalue weighted by molar-refractivity contribution is -0.116. The molecule has 0 saturated carbocycles. The molecular formula is C19H17N3O3S. The molecule has 2 amide bonds. The predicted molar refractivity (Wildman–Crippen MR) is 103 cm³/mol. The Morgan fingerprint density at radius 3 is 2.50 bits per heavy atom. The summed E-state index contributed by atoms with van der Waals surface area (Å²) in [6, 6.07) is 15.4. The Balaban J connectivity index is 1.58. The van der Waals surface area contributed by atoms with Crippen molar-refractivity contribution in [1.82, 2.24) is 4.57 Å². The van der Waals surface area contributed by atoms with Gasteiger partial charge in [-0.2, -0.15) is 0 Å². The number of hydrogen-bond donors (Lipinski definition) is 2. The van der Waals surface area contributed by atoms with E-state index >= 15 is 0 Å². The zero-order valence-electron chi connectivity index (χ0n) is 13.8. The van der Waals surface area contributed by atoms with Gasteiger partial charge in [0.25, 0.3) is 11.5 Å². The Morgan fingerprint density at radius 1 is 0.962 bits per heavy atom. The van der Waals surface area contributed by atoms with E-state index in [9.17, 15) is 14.4 Å². The fourth-order valence-electron chi connectivity index (χ4n) is 2.37. The average Bonchev–Trinajstić information content (AvgIpc) is 3.16. The van der Waals surface area contributed by atoms with E-state index < -0.39 is 0 Å². The van der Waals surface area contributed by atoms with Crippen LogP contribution in [-0.4, -0.2) is 16.4 Å². The Hall–Kier alpha value is -3.19. The number of thiophene rings is 1. The van der Waals surface area contributed by atoms with Crippen LogP contribution in [0.2, 0.25) is 0 Å². The van der Waals surface area contributed by atoms with E-state index in [2.05, 4.69) is 10.6 Å². The second-order valence-electron chi connectivity index (χ2n) is 5.54. The van der Waals surface area contributed by atoms with Gasteiger partial charge >= 0.3 is 0 Å². The summed E-state index contributed by atoms with van der Waals surface area (Å²) in [5, 5.41) is 7.41. The van der Waals surface area contributed by atoms with E-state index in [1.807, 2.05) is 11.4 Å². The number of aromatic nitrogens is 1. The Kier molecular flexibility index (Phi) is 5.60. The van der Waals surface area contributed by atoms with Gasteiger partial charge in [-0.15, -0.1) is 11.3 Å². The number of anilines is 2. The normalized spacial score (nSPS) is 10.3. The molecule has 0 unspecified atom stereocenters. The molecule has 2 aromatic heterocycles. The van der Waals surface area contributed by atoms with Crippen LogP contribution in [0.1, 0.15) is 16.1 Å². The lowest BCUT2D eigenvalue weighted by Gasteiger charge is -2.09. The molecule has 0 saturated heterocycles. The van der Waals surface area contributed by atoms with Crippen molar-refractivity contribution >= 4 is 34.5 Å². The molecule has 2 heterocycles. The maximum atomic E-state index is 12.1. The van der Waals surface area contributed by atoms with Crippen LogP contribution in [0.15, 0.2) is 71.0 Å². The van der Waals surface area contributed by atoms with Crippen LogP contribution >= 0.6 is 11.3 Å². The molecule has 1 aromatic carbocycles. The van der Waals surface area contributed by atoms with Crippen molar-refractivity contribution in [3.63, 3.8) is 0 Å². The van der Waals surface area contributed by atoms with E-state index in [4.69, 9.17) is 0 Å². The third-order valence-corrected chi connectivity index (χ3v) is 4.50. The molecule has 7 heteroatoms. The van der Waals surface area contributed by atoms with E-state index in [-0.39, 0.29) is 23.8 Å². The Bertz CT molecular complexity index is 964. The Morgan fingerprint density at radius 2 is 1.77 bits per heavy atom. The van der Waals surface area contributed by atoms with Gasteiger partial charge < -0.3 is 15.2 Å². The summed E-state index contributed by atoms with van der Waals surface area (Å²) in [4.78, 5) is 36.4. The zero-order valence-corrected chi connectivity index (χ0v) is 14.7. The van der Waals surface area contributed by atoms with Gasteiger partial charge in [0, 0.05) is 36.6 Å². The minimum Gasteiger partial charge on any atom is -0.326 e. The first-order valence-electron chi connectivity index (χ1n) is 8.02. The number of aryl methyl sites for hydroxylation is 1. The van der Waals surface area contributed by atoms with Gasteiger partial charge in [0.15, 0.2) is 0 Å². The van der Waals surface area contributed by atoms with Crippen LogP contribution in [0.25, 0.3) is 0 Å².